The number of nitrogens with zero attached hydrogens (tertiary/aromatic N) is 1. The first kappa shape index (κ1) is 12.2. The molecule has 0 bridgehead atoms. The summed E-state index contributed by atoms with van der Waals surface area (Å²) in [6.07, 6.45) is 2.04. The molecule has 0 heterocycles. The lowest BCUT2D eigenvalue weighted by Gasteiger charge is -2.21. The van der Waals surface area contributed by atoms with Crippen molar-refractivity contribution in [2.75, 3.05) is 26.2 Å². The largest absolute Gasteiger partial charge is 0.395 e. The third-order valence-electron chi connectivity index (χ3n) is 1.77. The fourth-order valence-corrected chi connectivity index (χ4v) is 1.05. The van der Waals surface area contributed by atoms with Gasteiger partial charge in [0.05, 0.1) is 6.61 Å². The summed E-state index contributed by atoms with van der Waals surface area (Å²) < 4.78 is 0. The summed E-state index contributed by atoms with van der Waals surface area (Å²) in [6.45, 7) is 5.77. The number of urea groups is 1. The van der Waals surface area contributed by atoms with E-state index in [-0.39, 0.29) is 12.6 Å². The molecule has 0 unspecified atom stereocenters. The Morgan fingerprint density at radius 1 is 1.38 bits per heavy atom. The van der Waals surface area contributed by atoms with Crippen LogP contribution in [0.5, 0.6) is 0 Å². The SMILES string of the molecule is CCCCN(CCO)C(=O)NCC. The third kappa shape index (κ3) is 5.47. The molecule has 0 aromatic carbocycles. The average molecular weight is 188 g/mol. The Morgan fingerprint density at radius 3 is 2.54 bits per heavy atom. The molecule has 0 fully saturated rings. The standard InChI is InChI=1S/C9H20N2O2/c1-3-5-6-11(7-8-12)9(13)10-4-2/h12H,3-8H2,1-2H3,(H,10,13). The van der Waals surface area contributed by atoms with Crippen molar-refractivity contribution >= 4 is 6.03 Å². The monoisotopic (exact) mass is 188 g/mol. The lowest BCUT2D eigenvalue weighted by Crippen LogP contribution is -2.41. The van der Waals surface area contributed by atoms with Gasteiger partial charge in [-0.25, -0.2) is 4.79 Å². The van der Waals surface area contributed by atoms with Crippen molar-refractivity contribution in [2.24, 2.45) is 0 Å². The zero-order valence-electron chi connectivity index (χ0n) is 8.55. The maximum Gasteiger partial charge on any atom is 0.317 e. The molecule has 4 nitrogen and oxygen atoms in total. The van der Waals surface area contributed by atoms with Crippen LogP contribution in [0.4, 0.5) is 4.79 Å². The number of hydrogen-bond donors (Lipinski definition) is 2. The van der Waals surface area contributed by atoms with Crippen molar-refractivity contribution in [3.8, 4) is 0 Å². The van der Waals surface area contributed by atoms with E-state index in [4.69, 9.17) is 5.11 Å². The van der Waals surface area contributed by atoms with Gasteiger partial charge in [-0.1, -0.05) is 13.3 Å². The van der Waals surface area contributed by atoms with E-state index in [0.717, 1.165) is 19.4 Å². The number of nitrogens with one attached hydrogen (secondary N) is 1. The lowest BCUT2D eigenvalue weighted by atomic mass is 10.3. The van der Waals surface area contributed by atoms with Gasteiger partial charge in [0.15, 0.2) is 0 Å². The Hall–Kier alpha value is -0.770. The van der Waals surface area contributed by atoms with E-state index in [1.807, 2.05) is 6.92 Å². The summed E-state index contributed by atoms with van der Waals surface area (Å²) >= 11 is 0. The van der Waals surface area contributed by atoms with E-state index in [9.17, 15) is 4.79 Å². The molecule has 0 aliphatic heterocycles. The quantitative estimate of drug-likeness (QED) is 0.648. The Kier molecular flexibility index (Phi) is 7.39. The number of aliphatic hydroxyl groups is 1. The van der Waals surface area contributed by atoms with Crippen molar-refractivity contribution in [1.82, 2.24) is 10.2 Å². The molecule has 0 aliphatic carbocycles. The summed E-state index contributed by atoms with van der Waals surface area (Å²) in [5, 5.41) is 11.4. The first-order chi connectivity index (χ1) is 6.26. The fraction of sp³-hybridized carbons (Fsp3) is 0.889. The Bertz CT molecular complexity index is 140. The number of hydrogen-bond acceptors (Lipinski definition) is 2. The number of rotatable bonds is 6. The van der Waals surface area contributed by atoms with Gasteiger partial charge in [0.25, 0.3) is 0 Å². The van der Waals surface area contributed by atoms with Gasteiger partial charge < -0.3 is 15.3 Å². The number of carbonyl (C=O) groups is 1. The minimum atomic E-state index is -0.0787. The Balaban J connectivity index is 3.83. The van der Waals surface area contributed by atoms with E-state index in [1.54, 1.807) is 4.90 Å². The van der Waals surface area contributed by atoms with E-state index in [1.165, 1.54) is 0 Å². The van der Waals surface area contributed by atoms with Gasteiger partial charge in [-0.2, -0.15) is 0 Å². The fourth-order valence-electron chi connectivity index (χ4n) is 1.05. The molecule has 0 atom stereocenters. The molecule has 78 valence electrons. The molecular weight excluding hydrogens is 168 g/mol. The van der Waals surface area contributed by atoms with Gasteiger partial charge >= 0.3 is 6.03 Å². The maximum atomic E-state index is 11.3. The summed E-state index contributed by atoms with van der Waals surface area (Å²) in [6, 6.07) is -0.0787. The molecule has 0 radical (unpaired) electrons. The van der Waals surface area contributed by atoms with Gasteiger partial charge in [0, 0.05) is 19.6 Å². The van der Waals surface area contributed by atoms with Crippen molar-refractivity contribution < 1.29 is 9.90 Å². The van der Waals surface area contributed by atoms with Gasteiger partial charge in [-0.3, -0.25) is 0 Å². The highest BCUT2D eigenvalue weighted by Crippen LogP contribution is 1.95. The molecule has 2 amide bonds. The van der Waals surface area contributed by atoms with Crippen LogP contribution in [0.1, 0.15) is 26.7 Å². The van der Waals surface area contributed by atoms with Crippen molar-refractivity contribution in [1.29, 1.82) is 0 Å². The van der Waals surface area contributed by atoms with Crippen LogP contribution < -0.4 is 5.32 Å². The molecule has 0 aromatic heterocycles. The number of carbonyl (C=O) groups excluding carboxylic acids is 1. The second kappa shape index (κ2) is 7.86. The molecule has 0 aliphatic rings. The molecule has 4 heteroatoms. The summed E-state index contributed by atoms with van der Waals surface area (Å²) in [4.78, 5) is 13.0. The lowest BCUT2D eigenvalue weighted by molar-refractivity contribution is 0.177. The van der Waals surface area contributed by atoms with Crippen molar-refractivity contribution in [2.45, 2.75) is 26.7 Å². The predicted octanol–water partition coefficient (Wildman–Crippen LogP) is 0.810. The second-order valence-corrected chi connectivity index (χ2v) is 2.90. The van der Waals surface area contributed by atoms with E-state index in [2.05, 4.69) is 12.2 Å². The number of unbranched alkanes of at least 4 members (excludes halogenated alkanes) is 1. The predicted molar refractivity (Wildman–Crippen MR) is 52.6 cm³/mol. The minimum absolute atomic E-state index is 0.0286. The summed E-state index contributed by atoms with van der Waals surface area (Å²) in [5.41, 5.74) is 0. The van der Waals surface area contributed by atoms with Crippen LogP contribution in [0.25, 0.3) is 0 Å². The third-order valence-corrected chi connectivity index (χ3v) is 1.77. The molecule has 0 saturated carbocycles. The van der Waals surface area contributed by atoms with Crippen LogP contribution in [0.3, 0.4) is 0 Å². The van der Waals surface area contributed by atoms with Gasteiger partial charge in [0.2, 0.25) is 0 Å². The zero-order valence-corrected chi connectivity index (χ0v) is 8.55. The highest BCUT2D eigenvalue weighted by molar-refractivity contribution is 5.74. The van der Waals surface area contributed by atoms with Crippen molar-refractivity contribution in [3.63, 3.8) is 0 Å². The molecule has 0 saturated heterocycles. The normalized spacial score (nSPS) is 9.77. The van der Waals surface area contributed by atoms with Crippen LogP contribution in [0.2, 0.25) is 0 Å². The first-order valence-electron chi connectivity index (χ1n) is 4.89. The molecule has 0 spiro atoms. The topological polar surface area (TPSA) is 52.6 Å². The number of amides is 2. The summed E-state index contributed by atoms with van der Waals surface area (Å²) in [7, 11) is 0. The number of aliphatic hydroxyl groups excluding tert-OH is 1. The van der Waals surface area contributed by atoms with Crippen LogP contribution in [0.15, 0.2) is 0 Å². The Morgan fingerprint density at radius 2 is 2.08 bits per heavy atom. The highest BCUT2D eigenvalue weighted by Gasteiger charge is 2.09. The summed E-state index contributed by atoms with van der Waals surface area (Å²) in [5.74, 6) is 0. The maximum absolute atomic E-state index is 11.3. The molecule has 2 N–H and O–H groups in total. The second-order valence-electron chi connectivity index (χ2n) is 2.90. The van der Waals surface area contributed by atoms with Gasteiger partial charge in [-0.05, 0) is 13.3 Å². The van der Waals surface area contributed by atoms with Crippen LogP contribution in [0, 0.1) is 0 Å². The molecule has 13 heavy (non-hydrogen) atoms. The van der Waals surface area contributed by atoms with Crippen LogP contribution in [-0.4, -0.2) is 42.3 Å². The Labute approximate surface area is 79.9 Å². The highest BCUT2D eigenvalue weighted by atomic mass is 16.3. The first-order valence-corrected chi connectivity index (χ1v) is 4.89. The van der Waals surface area contributed by atoms with E-state index in [0.29, 0.717) is 13.1 Å². The van der Waals surface area contributed by atoms with Crippen LogP contribution >= 0.6 is 0 Å². The van der Waals surface area contributed by atoms with E-state index >= 15 is 0 Å². The van der Waals surface area contributed by atoms with Crippen molar-refractivity contribution in [3.05, 3.63) is 0 Å². The van der Waals surface area contributed by atoms with Gasteiger partial charge in [-0.15, -0.1) is 0 Å². The zero-order chi connectivity index (χ0) is 10.1. The molecular formula is C9H20N2O2. The average Bonchev–Trinajstić information content (AvgIpc) is 2.12. The molecule has 0 rings (SSSR count). The molecule has 0 aromatic rings. The van der Waals surface area contributed by atoms with Gasteiger partial charge in [0.1, 0.15) is 0 Å². The smallest absolute Gasteiger partial charge is 0.317 e. The van der Waals surface area contributed by atoms with Crippen LogP contribution in [-0.2, 0) is 0 Å². The van der Waals surface area contributed by atoms with E-state index < -0.39 is 0 Å². The minimum Gasteiger partial charge on any atom is -0.395 e.